The fraction of sp³-hybridized carbons (Fsp3) is 0.211. The predicted octanol–water partition coefficient (Wildman–Crippen LogP) is 5.34. The lowest BCUT2D eigenvalue weighted by atomic mass is 10.0. The van der Waals surface area contributed by atoms with Crippen LogP contribution in [0.4, 0.5) is 5.69 Å². The van der Waals surface area contributed by atoms with Gasteiger partial charge in [-0.15, -0.1) is 11.8 Å². The molecule has 0 heterocycles. The number of anilines is 1. The van der Waals surface area contributed by atoms with Gasteiger partial charge in [0.2, 0.25) is 0 Å². The number of benzene rings is 2. The van der Waals surface area contributed by atoms with Gasteiger partial charge in [-0.25, -0.2) is 0 Å². The predicted molar refractivity (Wildman–Crippen MR) is 95.8 cm³/mol. The van der Waals surface area contributed by atoms with Crippen molar-refractivity contribution in [1.29, 1.82) is 0 Å². The Kier molecular flexibility index (Phi) is 5.84. The molecule has 0 radical (unpaired) electrons. The molecule has 0 fully saturated rings. The first-order valence-electron chi connectivity index (χ1n) is 7.31. The van der Waals surface area contributed by atoms with Crippen LogP contribution < -0.4 is 5.32 Å². The molecule has 0 unspecified atom stereocenters. The van der Waals surface area contributed by atoms with E-state index < -0.39 is 0 Å². The highest BCUT2D eigenvalue weighted by Crippen LogP contribution is 2.18. The van der Waals surface area contributed by atoms with Crippen molar-refractivity contribution in [2.75, 3.05) is 11.6 Å². The van der Waals surface area contributed by atoms with E-state index in [0.717, 1.165) is 5.69 Å². The molecule has 0 atom stereocenters. The molecule has 22 heavy (non-hydrogen) atoms. The van der Waals surface area contributed by atoms with Crippen molar-refractivity contribution in [3.63, 3.8) is 0 Å². The number of rotatable bonds is 6. The average Bonchev–Trinajstić information content (AvgIpc) is 2.55. The maximum absolute atomic E-state index is 12.1. The number of hydrogen-bond donors (Lipinski definition) is 1. The topological polar surface area (TPSA) is 29.1 Å². The molecule has 2 aromatic carbocycles. The molecule has 0 aliphatic heterocycles. The van der Waals surface area contributed by atoms with Crippen molar-refractivity contribution >= 4 is 23.2 Å². The van der Waals surface area contributed by atoms with Crippen molar-refractivity contribution < 1.29 is 4.79 Å². The first kappa shape index (κ1) is 16.4. The molecule has 114 valence electrons. The maximum atomic E-state index is 12.1. The first-order chi connectivity index (χ1) is 10.6. The smallest absolute Gasteiger partial charge is 0.187 e. The molecule has 2 aromatic rings. The minimum absolute atomic E-state index is 0.00328. The summed E-state index contributed by atoms with van der Waals surface area (Å²) >= 11 is 1.71. The zero-order chi connectivity index (χ0) is 15.9. The maximum Gasteiger partial charge on any atom is 0.187 e. The zero-order valence-corrected chi connectivity index (χ0v) is 14.0. The van der Waals surface area contributed by atoms with Gasteiger partial charge in [0.1, 0.15) is 0 Å². The van der Waals surface area contributed by atoms with Crippen LogP contribution in [0.3, 0.4) is 0 Å². The van der Waals surface area contributed by atoms with Crippen molar-refractivity contribution in [3.8, 4) is 0 Å². The van der Waals surface area contributed by atoms with E-state index in [1.807, 2.05) is 54.8 Å². The van der Waals surface area contributed by atoms with Crippen LogP contribution >= 0.6 is 11.8 Å². The summed E-state index contributed by atoms with van der Waals surface area (Å²) in [5.41, 5.74) is 2.92. The Bertz CT molecular complexity index is 642. The van der Waals surface area contributed by atoms with Gasteiger partial charge < -0.3 is 5.32 Å². The second kappa shape index (κ2) is 7.85. The molecular weight excluding hydrogens is 290 g/mol. The molecule has 0 aliphatic rings. The van der Waals surface area contributed by atoms with E-state index >= 15 is 0 Å². The number of hydrogen-bond acceptors (Lipinski definition) is 3. The molecule has 0 saturated carbocycles. The van der Waals surface area contributed by atoms with Gasteiger partial charge >= 0.3 is 0 Å². The second-order valence-corrected chi connectivity index (χ2v) is 6.23. The lowest BCUT2D eigenvalue weighted by Crippen LogP contribution is -1.97. The highest BCUT2D eigenvalue weighted by molar-refractivity contribution is 7.98. The SMILES string of the molecule is CSc1ccc(N/C=C/C(=O)c2ccc(C(C)C)cc2)cc1. The Morgan fingerprint density at radius 3 is 2.23 bits per heavy atom. The standard InChI is InChI=1S/C19H21NOS/c1-14(2)15-4-6-16(7-5-15)19(21)12-13-20-17-8-10-18(22-3)11-9-17/h4-14,20H,1-3H3/b13-12+. The molecule has 1 N–H and O–H groups in total. The summed E-state index contributed by atoms with van der Waals surface area (Å²) in [6.07, 6.45) is 5.30. The Labute approximate surface area is 136 Å². The van der Waals surface area contributed by atoms with Crippen LogP contribution in [-0.4, -0.2) is 12.0 Å². The third-order valence-corrected chi connectivity index (χ3v) is 4.18. The minimum Gasteiger partial charge on any atom is -0.362 e. The number of thioether (sulfide) groups is 1. The van der Waals surface area contributed by atoms with Crippen molar-refractivity contribution in [2.45, 2.75) is 24.7 Å². The molecular formula is C19H21NOS. The second-order valence-electron chi connectivity index (χ2n) is 5.35. The molecule has 2 nitrogen and oxygen atoms in total. The van der Waals surface area contributed by atoms with Gasteiger partial charge in [0.05, 0.1) is 0 Å². The molecule has 3 heteroatoms. The largest absolute Gasteiger partial charge is 0.362 e. The molecule has 0 saturated heterocycles. The van der Waals surface area contributed by atoms with E-state index in [4.69, 9.17) is 0 Å². The van der Waals surface area contributed by atoms with Crippen molar-refractivity contribution in [1.82, 2.24) is 0 Å². The third-order valence-electron chi connectivity index (χ3n) is 3.44. The summed E-state index contributed by atoms with van der Waals surface area (Å²) in [5, 5.41) is 3.12. The lowest BCUT2D eigenvalue weighted by molar-refractivity contribution is 0.104. The summed E-state index contributed by atoms with van der Waals surface area (Å²) in [6, 6.07) is 15.9. The van der Waals surface area contributed by atoms with E-state index in [2.05, 4.69) is 19.2 Å². The molecule has 0 aromatic heterocycles. The first-order valence-corrected chi connectivity index (χ1v) is 8.54. The Morgan fingerprint density at radius 2 is 1.68 bits per heavy atom. The van der Waals surface area contributed by atoms with Gasteiger partial charge in [-0.05, 0) is 42.0 Å². The van der Waals surface area contributed by atoms with Crippen LogP contribution in [0.15, 0.2) is 65.7 Å². The monoisotopic (exact) mass is 311 g/mol. The number of carbonyl (C=O) groups excluding carboxylic acids is 1. The molecule has 0 bridgehead atoms. The zero-order valence-electron chi connectivity index (χ0n) is 13.2. The molecule has 2 rings (SSSR count). The van der Waals surface area contributed by atoms with Gasteiger partial charge in [-0.1, -0.05) is 38.1 Å². The number of allylic oxidation sites excluding steroid dienone is 1. The van der Waals surface area contributed by atoms with Crippen LogP contribution in [0.5, 0.6) is 0 Å². The van der Waals surface area contributed by atoms with Crippen LogP contribution in [0, 0.1) is 0 Å². The summed E-state index contributed by atoms with van der Waals surface area (Å²) < 4.78 is 0. The minimum atomic E-state index is 0.00328. The van der Waals surface area contributed by atoms with Crippen molar-refractivity contribution in [2.24, 2.45) is 0 Å². The molecule has 0 amide bonds. The fourth-order valence-corrected chi connectivity index (χ4v) is 2.44. The third kappa shape index (κ3) is 4.50. The van der Waals surface area contributed by atoms with Gasteiger partial charge in [-0.3, -0.25) is 4.79 Å². The fourth-order valence-electron chi connectivity index (χ4n) is 2.03. The number of nitrogens with one attached hydrogen (secondary N) is 1. The van der Waals surface area contributed by atoms with Crippen LogP contribution in [0.25, 0.3) is 0 Å². The van der Waals surface area contributed by atoms with Crippen LogP contribution in [-0.2, 0) is 0 Å². The Balaban J connectivity index is 1.95. The summed E-state index contributed by atoms with van der Waals surface area (Å²) in [4.78, 5) is 13.3. The summed E-state index contributed by atoms with van der Waals surface area (Å²) in [5.74, 6) is 0.481. The van der Waals surface area contributed by atoms with E-state index in [9.17, 15) is 4.79 Å². The highest BCUT2D eigenvalue weighted by Gasteiger charge is 2.03. The Morgan fingerprint density at radius 1 is 1.05 bits per heavy atom. The van der Waals surface area contributed by atoms with Crippen molar-refractivity contribution in [3.05, 3.63) is 71.9 Å². The van der Waals surface area contributed by atoms with E-state index in [0.29, 0.717) is 11.5 Å². The summed E-state index contributed by atoms with van der Waals surface area (Å²) in [6.45, 7) is 4.28. The van der Waals surface area contributed by atoms with Gasteiger partial charge in [0.15, 0.2) is 5.78 Å². The van der Waals surface area contributed by atoms with E-state index in [1.54, 1.807) is 24.0 Å². The molecule has 0 aliphatic carbocycles. The quantitative estimate of drug-likeness (QED) is 0.443. The lowest BCUT2D eigenvalue weighted by Gasteiger charge is -2.05. The Hall–Kier alpha value is -2.00. The molecule has 0 spiro atoms. The van der Waals surface area contributed by atoms with E-state index in [1.165, 1.54) is 10.5 Å². The normalized spacial score (nSPS) is 11.1. The van der Waals surface area contributed by atoms with Gasteiger partial charge in [-0.2, -0.15) is 0 Å². The number of ketones is 1. The van der Waals surface area contributed by atoms with E-state index in [-0.39, 0.29) is 5.78 Å². The highest BCUT2D eigenvalue weighted by atomic mass is 32.2. The van der Waals surface area contributed by atoms with Crippen LogP contribution in [0.1, 0.15) is 35.7 Å². The number of carbonyl (C=O) groups is 1. The average molecular weight is 311 g/mol. The van der Waals surface area contributed by atoms with Gasteiger partial charge in [0.25, 0.3) is 0 Å². The van der Waals surface area contributed by atoms with Crippen LogP contribution in [0.2, 0.25) is 0 Å². The van der Waals surface area contributed by atoms with Gasteiger partial charge in [0, 0.05) is 28.4 Å². The summed E-state index contributed by atoms with van der Waals surface area (Å²) in [7, 11) is 0.